The fourth-order valence-corrected chi connectivity index (χ4v) is 14.8. The summed E-state index contributed by atoms with van der Waals surface area (Å²) in [5.41, 5.74) is 30.7. The lowest BCUT2D eigenvalue weighted by Crippen LogP contribution is -2.21. The van der Waals surface area contributed by atoms with E-state index in [1.807, 2.05) is 0 Å². The van der Waals surface area contributed by atoms with Crippen LogP contribution in [0.3, 0.4) is 0 Å². The first-order chi connectivity index (χ1) is 42.4. The van der Waals surface area contributed by atoms with Gasteiger partial charge >= 0.3 is 0 Å². The molecule has 0 aliphatic heterocycles. The molecule has 2 aliphatic rings. The van der Waals surface area contributed by atoms with Crippen LogP contribution in [0, 0.1) is 0 Å². The number of rotatable bonds is 17. The first kappa shape index (κ1) is 55.9. The normalized spacial score (nSPS) is 14.6. The van der Waals surface area contributed by atoms with Crippen molar-refractivity contribution in [2.24, 2.45) is 0 Å². The second-order valence-corrected chi connectivity index (χ2v) is 26.4. The van der Waals surface area contributed by atoms with Gasteiger partial charge in [-0.1, -0.05) is 252 Å². The van der Waals surface area contributed by atoms with Crippen molar-refractivity contribution >= 4 is 38.9 Å². The number of hydrogen-bond acceptors (Lipinski definition) is 1. The van der Waals surface area contributed by atoms with E-state index in [4.69, 9.17) is 0 Å². The van der Waals surface area contributed by atoms with Crippen LogP contribution in [0.4, 0.5) is 17.1 Å². The van der Waals surface area contributed by atoms with E-state index < -0.39 is 0 Å². The van der Waals surface area contributed by atoms with E-state index in [1.165, 1.54) is 167 Å². The Balaban J connectivity index is 0.758. The summed E-state index contributed by atoms with van der Waals surface area (Å²) in [6.07, 6.45) is 9.02. The average molecular weight is 1130 g/mol. The zero-order chi connectivity index (χ0) is 59.6. The highest BCUT2D eigenvalue weighted by Gasteiger charge is 2.40. The van der Waals surface area contributed by atoms with Gasteiger partial charge in [-0.2, -0.15) is 0 Å². The highest BCUT2D eigenvalue weighted by atomic mass is 15.1. The molecule has 0 bridgehead atoms. The van der Waals surface area contributed by atoms with Crippen molar-refractivity contribution in [2.45, 2.75) is 123 Å². The fraction of sp³-hybridized carbons (Fsp3) is 0.224. The number of para-hydroxylation sites is 1. The molecule has 12 aromatic rings. The summed E-state index contributed by atoms with van der Waals surface area (Å²) in [7, 11) is 0. The van der Waals surface area contributed by atoms with E-state index >= 15 is 0 Å². The molecule has 1 atom stereocenters. The molecule has 0 amide bonds. The summed E-state index contributed by atoms with van der Waals surface area (Å²) in [4.78, 5) is 2.41. The Bertz CT molecular complexity index is 4530. The number of unbranched alkanes of at least 4 members (excludes halogenated alkanes) is 5. The SMILES string of the molecule is CCCCCCCCC1(C)c2cc(-c3ccc(N(c4ccc(-c5ccc6c(c5)c5ccccc5n6-c5cccc(-c6cccc(-c7ccc8c(c7)C(C)(C)c7ccccc7-8)c6)c5)cc4)c4ccc(C(C)C)cc4)cc3)ccc2-c2ccc(C(C)C)cc21. The number of hydrogen-bond donors (Lipinski definition) is 0. The lowest BCUT2D eigenvalue weighted by atomic mass is 9.75. The third kappa shape index (κ3) is 10.0. The van der Waals surface area contributed by atoms with E-state index in [9.17, 15) is 0 Å². The maximum absolute atomic E-state index is 2.54. The molecule has 1 heterocycles. The molecule has 430 valence electrons. The van der Waals surface area contributed by atoms with Gasteiger partial charge in [0, 0.05) is 44.4 Å². The molecule has 14 rings (SSSR count). The van der Waals surface area contributed by atoms with Crippen LogP contribution < -0.4 is 4.90 Å². The number of aromatic nitrogens is 1. The molecule has 0 spiro atoms. The van der Waals surface area contributed by atoms with Crippen LogP contribution in [0.1, 0.15) is 146 Å². The first-order valence-electron chi connectivity index (χ1n) is 32.3. The molecule has 0 saturated carbocycles. The summed E-state index contributed by atoms with van der Waals surface area (Å²) in [5.74, 6) is 0.945. The summed E-state index contributed by atoms with van der Waals surface area (Å²) in [6, 6.07) is 92.2. The van der Waals surface area contributed by atoms with Crippen LogP contribution in [0.25, 0.3) is 94.3 Å². The van der Waals surface area contributed by atoms with Gasteiger partial charge in [-0.25, -0.2) is 0 Å². The van der Waals surface area contributed by atoms with Gasteiger partial charge in [0.15, 0.2) is 0 Å². The highest BCUT2D eigenvalue weighted by molar-refractivity contribution is 6.10. The summed E-state index contributed by atoms with van der Waals surface area (Å²) < 4.78 is 2.44. The summed E-state index contributed by atoms with van der Waals surface area (Å²) in [6.45, 7) is 18.7. The van der Waals surface area contributed by atoms with Crippen LogP contribution in [-0.2, 0) is 10.8 Å². The predicted octanol–water partition coefficient (Wildman–Crippen LogP) is 24.5. The van der Waals surface area contributed by atoms with Gasteiger partial charge in [0.2, 0.25) is 0 Å². The molecule has 0 N–H and O–H groups in total. The lowest BCUT2D eigenvalue weighted by molar-refractivity contribution is 0.480. The van der Waals surface area contributed by atoms with Crippen molar-refractivity contribution in [1.82, 2.24) is 4.57 Å². The molecule has 0 radical (unpaired) electrons. The Morgan fingerprint density at radius 2 is 0.816 bits per heavy atom. The van der Waals surface area contributed by atoms with Crippen molar-refractivity contribution in [3.05, 3.63) is 276 Å². The van der Waals surface area contributed by atoms with Gasteiger partial charge in [0.1, 0.15) is 0 Å². The zero-order valence-corrected chi connectivity index (χ0v) is 52.1. The van der Waals surface area contributed by atoms with Gasteiger partial charge < -0.3 is 9.47 Å². The Morgan fingerprint density at radius 1 is 0.345 bits per heavy atom. The molecular formula is C85H80N2. The maximum Gasteiger partial charge on any atom is 0.0541 e. The Morgan fingerprint density at radius 3 is 1.49 bits per heavy atom. The molecule has 0 fully saturated rings. The van der Waals surface area contributed by atoms with Gasteiger partial charge in [-0.15, -0.1) is 0 Å². The highest BCUT2D eigenvalue weighted by Crippen LogP contribution is 2.54. The quantitative estimate of drug-likeness (QED) is 0.0825. The minimum absolute atomic E-state index is 0.0230. The minimum atomic E-state index is -0.0479. The number of anilines is 3. The van der Waals surface area contributed by atoms with E-state index in [-0.39, 0.29) is 10.8 Å². The maximum atomic E-state index is 2.54. The average Bonchev–Trinajstić information content (AvgIpc) is 1.63. The van der Waals surface area contributed by atoms with Gasteiger partial charge in [-0.3, -0.25) is 0 Å². The van der Waals surface area contributed by atoms with E-state index in [0.29, 0.717) is 11.8 Å². The number of fused-ring (bicyclic) bond motifs is 9. The molecule has 2 heteroatoms. The van der Waals surface area contributed by atoms with Crippen molar-refractivity contribution in [2.75, 3.05) is 4.90 Å². The predicted molar refractivity (Wildman–Crippen MR) is 373 cm³/mol. The largest absolute Gasteiger partial charge is 0.311 e. The third-order valence-electron chi connectivity index (χ3n) is 19.9. The molecule has 87 heavy (non-hydrogen) atoms. The Hall–Kier alpha value is -8.98. The van der Waals surface area contributed by atoms with Crippen LogP contribution >= 0.6 is 0 Å². The molecule has 1 aromatic heterocycles. The van der Waals surface area contributed by atoms with Crippen LogP contribution in [-0.4, -0.2) is 4.57 Å². The van der Waals surface area contributed by atoms with Crippen molar-refractivity contribution in [1.29, 1.82) is 0 Å². The van der Waals surface area contributed by atoms with Crippen LogP contribution in [0.2, 0.25) is 0 Å². The summed E-state index contributed by atoms with van der Waals surface area (Å²) >= 11 is 0. The topological polar surface area (TPSA) is 8.17 Å². The second kappa shape index (κ2) is 22.7. The van der Waals surface area contributed by atoms with Gasteiger partial charge in [-0.05, 0) is 203 Å². The number of benzene rings is 11. The van der Waals surface area contributed by atoms with Gasteiger partial charge in [0.05, 0.1) is 11.0 Å². The van der Waals surface area contributed by atoms with Crippen LogP contribution in [0.15, 0.2) is 243 Å². The van der Waals surface area contributed by atoms with Crippen molar-refractivity contribution < 1.29 is 0 Å². The lowest BCUT2D eigenvalue weighted by Gasteiger charge is -2.29. The molecule has 1 unspecified atom stereocenters. The van der Waals surface area contributed by atoms with E-state index in [1.54, 1.807) is 0 Å². The monoisotopic (exact) mass is 1130 g/mol. The van der Waals surface area contributed by atoms with E-state index in [0.717, 1.165) is 22.7 Å². The minimum Gasteiger partial charge on any atom is -0.311 e. The fourth-order valence-electron chi connectivity index (χ4n) is 14.8. The molecule has 2 nitrogen and oxygen atoms in total. The molecule has 11 aromatic carbocycles. The summed E-state index contributed by atoms with van der Waals surface area (Å²) in [5, 5.41) is 2.48. The molecule has 0 saturated heterocycles. The Labute approximate surface area is 516 Å². The number of nitrogens with zero attached hydrogens (tertiary/aromatic N) is 2. The zero-order valence-electron chi connectivity index (χ0n) is 52.1. The first-order valence-corrected chi connectivity index (χ1v) is 32.3. The van der Waals surface area contributed by atoms with E-state index in [2.05, 4.69) is 308 Å². The van der Waals surface area contributed by atoms with Crippen LogP contribution in [0.5, 0.6) is 0 Å². The molecule has 2 aliphatic carbocycles. The standard InChI is InChI=1S/C85H80N2/c1-9-10-11-12-13-18-49-85(8)80-53-61(57(4)5)35-45-74(80)75-47-36-66(55-81(75)85)60-33-43-70(44-34-60)86(68-39-29-58(30-40-68)56(2)3)69-41-31-59(32-42-69)65-38-48-83-77(52-65)76-26-15-17-28-82(76)87(83)71-24-20-23-64(51-71)62-21-19-22-63(50-62)67-37-46-73-72-25-14-16-27-78(72)84(6,7)79(73)54-67/h14-17,19-48,50-57H,9-13,18,49H2,1-8H3. The van der Waals surface area contributed by atoms with Crippen molar-refractivity contribution in [3.8, 4) is 72.4 Å². The van der Waals surface area contributed by atoms with Crippen molar-refractivity contribution in [3.63, 3.8) is 0 Å². The van der Waals surface area contributed by atoms with Gasteiger partial charge in [0.25, 0.3) is 0 Å². The third-order valence-corrected chi connectivity index (χ3v) is 19.9. The molecular weight excluding hydrogens is 1050 g/mol. The second-order valence-electron chi connectivity index (χ2n) is 26.4. The Kier molecular flexibility index (Phi) is 14.6. The smallest absolute Gasteiger partial charge is 0.0541 e.